The van der Waals surface area contributed by atoms with Gasteiger partial charge in [-0.05, 0) is 44.0 Å². The SMILES string of the molecule is CCn1cnc2sc(C(=O)N[C@@H](C)c3ccc4c(c3)OCCO4)c(C)c2c1=O. The molecule has 28 heavy (non-hydrogen) atoms. The zero-order valence-electron chi connectivity index (χ0n) is 15.9. The van der Waals surface area contributed by atoms with Crippen LogP contribution in [0.5, 0.6) is 11.5 Å². The fourth-order valence-electron chi connectivity index (χ4n) is 3.28. The Morgan fingerprint density at radius 3 is 2.82 bits per heavy atom. The second-order valence-corrected chi connectivity index (χ2v) is 7.67. The average molecular weight is 399 g/mol. The molecule has 146 valence electrons. The lowest BCUT2D eigenvalue weighted by atomic mass is 10.1. The molecule has 3 heterocycles. The highest BCUT2D eigenvalue weighted by atomic mass is 32.1. The van der Waals surface area contributed by atoms with Gasteiger partial charge in [0.15, 0.2) is 11.5 Å². The van der Waals surface area contributed by atoms with Crippen molar-refractivity contribution in [3.05, 3.63) is 50.9 Å². The van der Waals surface area contributed by atoms with E-state index in [-0.39, 0.29) is 17.5 Å². The number of thiophene rings is 1. The Labute approximate surface area is 165 Å². The summed E-state index contributed by atoms with van der Waals surface area (Å²) < 4.78 is 12.7. The monoisotopic (exact) mass is 399 g/mol. The molecule has 1 atom stereocenters. The first-order valence-corrected chi connectivity index (χ1v) is 10.00. The third-order valence-corrected chi connectivity index (χ3v) is 6.08. The minimum atomic E-state index is -0.229. The number of benzene rings is 1. The van der Waals surface area contributed by atoms with Crippen LogP contribution in [0.1, 0.15) is 40.7 Å². The van der Waals surface area contributed by atoms with Crippen LogP contribution in [-0.2, 0) is 6.54 Å². The first-order chi connectivity index (χ1) is 13.5. The van der Waals surface area contributed by atoms with Crippen molar-refractivity contribution < 1.29 is 14.3 Å². The Morgan fingerprint density at radius 1 is 1.32 bits per heavy atom. The second-order valence-electron chi connectivity index (χ2n) is 6.67. The van der Waals surface area contributed by atoms with Crippen molar-refractivity contribution in [2.24, 2.45) is 0 Å². The van der Waals surface area contributed by atoms with E-state index in [1.165, 1.54) is 17.7 Å². The third kappa shape index (κ3) is 3.13. The molecule has 0 radical (unpaired) electrons. The lowest BCUT2D eigenvalue weighted by Crippen LogP contribution is -2.27. The lowest BCUT2D eigenvalue weighted by Gasteiger charge is -2.21. The zero-order valence-corrected chi connectivity index (χ0v) is 16.8. The molecule has 0 aliphatic carbocycles. The molecule has 1 N–H and O–H groups in total. The largest absolute Gasteiger partial charge is 0.486 e. The van der Waals surface area contributed by atoms with E-state index in [4.69, 9.17) is 9.47 Å². The van der Waals surface area contributed by atoms with Gasteiger partial charge in [0.05, 0.1) is 22.6 Å². The molecule has 0 fully saturated rings. The molecule has 1 aromatic carbocycles. The molecule has 0 bridgehead atoms. The van der Waals surface area contributed by atoms with E-state index in [1.807, 2.05) is 32.0 Å². The first-order valence-electron chi connectivity index (χ1n) is 9.18. The maximum Gasteiger partial charge on any atom is 0.262 e. The van der Waals surface area contributed by atoms with Gasteiger partial charge in [0.25, 0.3) is 11.5 Å². The number of hydrogen-bond donors (Lipinski definition) is 1. The summed E-state index contributed by atoms with van der Waals surface area (Å²) in [5.41, 5.74) is 1.48. The Balaban J connectivity index is 1.61. The molecule has 1 aliphatic heterocycles. The van der Waals surface area contributed by atoms with E-state index in [9.17, 15) is 9.59 Å². The van der Waals surface area contributed by atoms with Crippen LogP contribution in [-0.4, -0.2) is 28.7 Å². The highest BCUT2D eigenvalue weighted by Crippen LogP contribution is 2.33. The molecule has 0 unspecified atom stereocenters. The highest BCUT2D eigenvalue weighted by Gasteiger charge is 2.22. The number of nitrogens with zero attached hydrogens (tertiary/aromatic N) is 2. The summed E-state index contributed by atoms with van der Waals surface area (Å²) in [6.07, 6.45) is 1.53. The lowest BCUT2D eigenvalue weighted by molar-refractivity contribution is 0.0943. The van der Waals surface area contributed by atoms with Crippen LogP contribution < -0.4 is 20.3 Å². The summed E-state index contributed by atoms with van der Waals surface area (Å²) >= 11 is 1.24. The van der Waals surface area contributed by atoms with Crippen LogP contribution in [0, 0.1) is 6.92 Å². The van der Waals surface area contributed by atoms with Crippen LogP contribution in [0.2, 0.25) is 0 Å². The fourth-order valence-corrected chi connectivity index (χ4v) is 4.32. The van der Waals surface area contributed by atoms with Crippen LogP contribution in [0.4, 0.5) is 0 Å². The van der Waals surface area contributed by atoms with Gasteiger partial charge in [-0.3, -0.25) is 14.2 Å². The van der Waals surface area contributed by atoms with Gasteiger partial charge in [-0.2, -0.15) is 0 Å². The van der Waals surface area contributed by atoms with Crippen LogP contribution >= 0.6 is 11.3 Å². The second kappa shape index (κ2) is 7.27. The maximum atomic E-state index is 12.9. The molecule has 0 spiro atoms. The maximum absolute atomic E-state index is 12.9. The minimum absolute atomic E-state index is 0.111. The quantitative estimate of drug-likeness (QED) is 0.729. The number of hydrogen-bond acceptors (Lipinski definition) is 6. The summed E-state index contributed by atoms with van der Waals surface area (Å²) in [4.78, 5) is 30.9. The predicted octanol–water partition coefficient (Wildman–Crippen LogP) is 3.05. The Hall–Kier alpha value is -2.87. The van der Waals surface area contributed by atoms with Crippen molar-refractivity contribution in [1.29, 1.82) is 0 Å². The number of rotatable bonds is 4. The molecule has 1 aliphatic rings. The van der Waals surface area contributed by atoms with Crippen LogP contribution in [0.15, 0.2) is 29.3 Å². The van der Waals surface area contributed by atoms with E-state index < -0.39 is 0 Å². The summed E-state index contributed by atoms with van der Waals surface area (Å²) in [5, 5.41) is 3.53. The van der Waals surface area contributed by atoms with Gasteiger partial charge in [0.1, 0.15) is 18.0 Å². The normalized spacial score (nSPS) is 14.1. The Morgan fingerprint density at radius 2 is 2.07 bits per heavy atom. The number of carbonyl (C=O) groups excluding carboxylic acids is 1. The van der Waals surface area contributed by atoms with E-state index in [1.54, 1.807) is 11.5 Å². The molecular formula is C20H21N3O4S. The molecule has 2 aromatic heterocycles. The van der Waals surface area contributed by atoms with Gasteiger partial charge in [-0.15, -0.1) is 11.3 Å². The first kappa shape index (κ1) is 18.5. The number of amides is 1. The molecular weight excluding hydrogens is 378 g/mol. The number of ether oxygens (including phenoxy) is 2. The topological polar surface area (TPSA) is 82.5 Å². The number of aromatic nitrogens is 2. The molecule has 7 nitrogen and oxygen atoms in total. The van der Waals surface area contributed by atoms with Gasteiger partial charge in [-0.25, -0.2) is 4.98 Å². The van der Waals surface area contributed by atoms with E-state index in [0.717, 1.165) is 5.56 Å². The van der Waals surface area contributed by atoms with Crippen molar-refractivity contribution in [3.63, 3.8) is 0 Å². The molecule has 0 saturated carbocycles. The van der Waals surface area contributed by atoms with Crippen molar-refractivity contribution in [2.45, 2.75) is 33.4 Å². The summed E-state index contributed by atoms with van der Waals surface area (Å²) in [6, 6.07) is 5.43. The molecule has 0 saturated heterocycles. The van der Waals surface area contributed by atoms with Gasteiger partial charge in [-0.1, -0.05) is 6.07 Å². The minimum Gasteiger partial charge on any atom is -0.486 e. The van der Waals surface area contributed by atoms with Gasteiger partial charge in [0.2, 0.25) is 0 Å². The summed E-state index contributed by atoms with van der Waals surface area (Å²) in [6.45, 7) is 7.19. The van der Waals surface area contributed by atoms with E-state index in [0.29, 0.717) is 51.9 Å². The highest BCUT2D eigenvalue weighted by molar-refractivity contribution is 7.20. The van der Waals surface area contributed by atoms with Crippen molar-refractivity contribution >= 4 is 27.5 Å². The van der Waals surface area contributed by atoms with Gasteiger partial charge < -0.3 is 14.8 Å². The zero-order chi connectivity index (χ0) is 19.8. The van der Waals surface area contributed by atoms with Gasteiger partial charge in [0, 0.05) is 6.54 Å². The molecule has 4 rings (SSSR count). The fraction of sp³-hybridized carbons (Fsp3) is 0.350. The molecule has 8 heteroatoms. The summed E-state index contributed by atoms with van der Waals surface area (Å²) in [5.74, 6) is 1.18. The number of carbonyl (C=O) groups is 1. The predicted molar refractivity (Wildman–Crippen MR) is 108 cm³/mol. The van der Waals surface area contributed by atoms with Gasteiger partial charge >= 0.3 is 0 Å². The van der Waals surface area contributed by atoms with E-state index in [2.05, 4.69) is 10.3 Å². The molecule has 3 aromatic rings. The van der Waals surface area contributed by atoms with Crippen molar-refractivity contribution in [2.75, 3.05) is 13.2 Å². The van der Waals surface area contributed by atoms with Crippen molar-refractivity contribution in [1.82, 2.24) is 14.9 Å². The standard InChI is InChI=1S/C20H21N3O4S/c1-4-23-10-21-19-16(20(23)25)11(2)17(28-19)18(24)22-12(3)13-5-6-14-15(9-13)27-8-7-26-14/h5-6,9-10,12H,4,7-8H2,1-3H3,(H,22,24)/t12-/m0/s1. The Kier molecular flexibility index (Phi) is 4.80. The van der Waals surface area contributed by atoms with Crippen LogP contribution in [0.3, 0.4) is 0 Å². The number of aryl methyl sites for hydroxylation is 2. The smallest absolute Gasteiger partial charge is 0.262 e. The third-order valence-electron chi connectivity index (χ3n) is 4.88. The molecule has 1 amide bonds. The van der Waals surface area contributed by atoms with Crippen LogP contribution in [0.25, 0.3) is 10.2 Å². The number of fused-ring (bicyclic) bond motifs is 2. The number of nitrogens with one attached hydrogen (secondary N) is 1. The summed E-state index contributed by atoms with van der Waals surface area (Å²) in [7, 11) is 0. The van der Waals surface area contributed by atoms with Crippen molar-refractivity contribution in [3.8, 4) is 11.5 Å². The average Bonchev–Trinajstić information content (AvgIpc) is 3.05. The Bertz CT molecular complexity index is 1120. The van der Waals surface area contributed by atoms with E-state index >= 15 is 0 Å².